The van der Waals surface area contributed by atoms with E-state index < -0.39 is 5.41 Å². The molecule has 0 aromatic heterocycles. The van der Waals surface area contributed by atoms with Crippen LogP contribution in [0.2, 0.25) is 0 Å². The fourth-order valence-corrected chi connectivity index (χ4v) is 3.46. The second-order valence-electron chi connectivity index (χ2n) is 6.05. The Bertz CT molecular complexity index is 373. The standard InChI is InChI=1S/C14H25N3O2S/c1-16(2)11-3-7-17(8-4-11)13(18)14(12(15)20)5-9-19-10-6-14/h11H,3-10H2,1-2H3,(H2,15,20). The smallest absolute Gasteiger partial charge is 0.235 e. The number of ether oxygens (including phenoxy) is 1. The maximum Gasteiger partial charge on any atom is 0.235 e. The Morgan fingerprint density at radius 2 is 1.85 bits per heavy atom. The third-order valence-electron chi connectivity index (χ3n) is 4.71. The molecule has 2 fully saturated rings. The minimum Gasteiger partial charge on any atom is -0.392 e. The highest BCUT2D eigenvalue weighted by molar-refractivity contribution is 7.80. The summed E-state index contributed by atoms with van der Waals surface area (Å²) in [4.78, 5) is 17.4. The number of hydrogen-bond donors (Lipinski definition) is 1. The van der Waals surface area contributed by atoms with Crippen molar-refractivity contribution in [1.29, 1.82) is 0 Å². The van der Waals surface area contributed by atoms with Gasteiger partial charge in [-0.1, -0.05) is 12.2 Å². The Morgan fingerprint density at radius 3 is 2.30 bits per heavy atom. The summed E-state index contributed by atoms with van der Waals surface area (Å²) in [6, 6.07) is 0.564. The van der Waals surface area contributed by atoms with E-state index in [2.05, 4.69) is 19.0 Å². The Balaban J connectivity index is 2.04. The van der Waals surface area contributed by atoms with E-state index in [0.717, 1.165) is 25.9 Å². The van der Waals surface area contributed by atoms with Gasteiger partial charge < -0.3 is 20.3 Å². The molecule has 0 bridgehead atoms. The van der Waals surface area contributed by atoms with Crippen LogP contribution >= 0.6 is 12.2 Å². The van der Waals surface area contributed by atoms with Gasteiger partial charge in [-0.25, -0.2) is 0 Å². The molecule has 0 spiro atoms. The number of rotatable bonds is 3. The summed E-state index contributed by atoms with van der Waals surface area (Å²) in [7, 11) is 4.19. The highest BCUT2D eigenvalue weighted by Gasteiger charge is 2.45. The Hall–Kier alpha value is -0.720. The summed E-state index contributed by atoms with van der Waals surface area (Å²) in [6.45, 7) is 2.73. The molecule has 20 heavy (non-hydrogen) atoms. The predicted molar refractivity (Wildman–Crippen MR) is 82.6 cm³/mol. The van der Waals surface area contributed by atoms with Gasteiger partial charge >= 0.3 is 0 Å². The zero-order valence-corrected chi connectivity index (χ0v) is 13.2. The van der Waals surface area contributed by atoms with Gasteiger partial charge in [0.1, 0.15) is 5.41 Å². The molecule has 0 atom stereocenters. The van der Waals surface area contributed by atoms with Gasteiger partial charge in [0, 0.05) is 32.3 Å². The normalized spacial score (nSPS) is 23.9. The van der Waals surface area contributed by atoms with E-state index in [1.54, 1.807) is 0 Å². The highest BCUT2D eigenvalue weighted by Crippen LogP contribution is 2.34. The average molecular weight is 299 g/mol. The number of carbonyl (C=O) groups is 1. The Labute approximate surface area is 126 Å². The summed E-state index contributed by atoms with van der Waals surface area (Å²) in [5.41, 5.74) is 5.24. The van der Waals surface area contributed by atoms with Crippen LogP contribution in [-0.2, 0) is 9.53 Å². The van der Waals surface area contributed by atoms with Gasteiger partial charge in [-0.15, -0.1) is 0 Å². The van der Waals surface area contributed by atoms with E-state index >= 15 is 0 Å². The fourth-order valence-electron chi connectivity index (χ4n) is 3.17. The minimum absolute atomic E-state index is 0.116. The third kappa shape index (κ3) is 2.97. The predicted octanol–water partition coefficient (Wildman–Crippen LogP) is 0.622. The molecule has 0 aromatic rings. The molecule has 5 nitrogen and oxygen atoms in total. The number of nitrogens with zero attached hydrogens (tertiary/aromatic N) is 2. The minimum atomic E-state index is -0.668. The van der Waals surface area contributed by atoms with Gasteiger partial charge in [-0.2, -0.15) is 0 Å². The molecule has 2 N–H and O–H groups in total. The second-order valence-corrected chi connectivity index (χ2v) is 6.49. The zero-order chi connectivity index (χ0) is 14.8. The van der Waals surface area contributed by atoms with Gasteiger partial charge in [-0.05, 0) is 39.8 Å². The van der Waals surface area contributed by atoms with Gasteiger partial charge in [0.2, 0.25) is 5.91 Å². The van der Waals surface area contributed by atoms with E-state index in [9.17, 15) is 4.79 Å². The maximum absolute atomic E-state index is 12.9. The lowest BCUT2D eigenvalue weighted by Crippen LogP contribution is -2.55. The molecule has 6 heteroatoms. The Morgan fingerprint density at radius 1 is 1.30 bits per heavy atom. The van der Waals surface area contributed by atoms with E-state index in [-0.39, 0.29) is 5.91 Å². The number of hydrogen-bond acceptors (Lipinski definition) is 4. The molecule has 2 heterocycles. The van der Waals surface area contributed by atoms with Gasteiger partial charge in [0.05, 0.1) is 4.99 Å². The Kier molecular flexibility index (Phi) is 4.99. The highest BCUT2D eigenvalue weighted by atomic mass is 32.1. The van der Waals surface area contributed by atoms with E-state index in [4.69, 9.17) is 22.7 Å². The number of carbonyl (C=O) groups excluding carboxylic acids is 1. The number of amides is 1. The second kappa shape index (κ2) is 6.37. The molecule has 2 rings (SSSR count). The lowest BCUT2D eigenvalue weighted by Gasteiger charge is -2.42. The molecule has 0 aliphatic carbocycles. The van der Waals surface area contributed by atoms with E-state index in [1.807, 2.05) is 4.90 Å². The van der Waals surface area contributed by atoms with Crippen LogP contribution in [-0.4, -0.2) is 67.1 Å². The molecule has 0 radical (unpaired) electrons. The van der Waals surface area contributed by atoms with Crippen LogP contribution in [0.3, 0.4) is 0 Å². The van der Waals surface area contributed by atoms with Crippen LogP contribution in [0, 0.1) is 5.41 Å². The van der Waals surface area contributed by atoms with Crippen molar-refractivity contribution in [2.24, 2.45) is 11.1 Å². The summed E-state index contributed by atoms with van der Waals surface area (Å²) in [5.74, 6) is 0.116. The molecule has 0 saturated carbocycles. The molecule has 2 aliphatic rings. The molecule has 2 saturated heterocycles. The van der Waals surface area contributed by atoms with Crippen molar-refractivity contribution < 1.29 is 9.53 Å². The lowest BCUT2D eigenvalue weighted by molar-refractivity contribution is -0.143. The van der Waals surface area contributed by atoms with Gasteiger partial charge in [0.15, 0.2) is 0 Å². The number of thiocarbonyl (C=S) groups is 1. The summed E-state index contributed by atoms with van der Waals surface area (Å²) < 4.78 is 5.37. The first-order valence-electron chi connectivity index (χ1n) is 7.31. The molecule has 0 aromatic carbocycles. The third-order valence-corrected chi connectivity index (χ3v) is 5.10. The summed E-state index contributed by atoms with van der Waals surface area (Å²) in [6.07, 6.45) is 3.27. The van der Waals surface area contributed by atoms with Crippen LogP contribution < -0.4 is 5.73 Å². The maximum atomic E-state index is 12.9. The van der Waals surface area contributed by atoms with Crippen molar-refractivity contribution >= 4 is 23.1 Å². The van der Waals surface area contributed by atoms with Crippen LogP contribution in [0.5, 0.6) is 0 Å². The van der Waals surface area contributed by atoms with Crippen LogP contribution in [0.4, 0.5) is 0 Å². The van der Waals surface area contributed by atoms with E-state index in [0.29, 0.717) is 37.1 Å². The van der Waals surface area contributed by atoms with Crippen molar-refractivity contribution in [2.75, 3.05) is 40.4 Å². The zero-order valence-electron chi connectivity index (χ0n) is 12.4. The first kappa shape index (κ1) is 15.7. The molecule has 1 amide bonds. The van der Waals surface area contributed by atoms with Crippen molar-refractivity contribution in [3.05, 3.63) is 0 Å². The van der Waals surface area contributed by atoms with Crippen molar-refractivity contribution in [1.82, 2.24) is 9.80 Å². The van der Waals surface area contributed by atoms with Crippen molar-refractivity contribution in [2.45, 2.75) is 31.7 Å². The fraction of sp³-hybridized carbons (Fsp3) is 0.857. The molecular formula is C14H25N3O2S. The van der Waals surface area contributed by atoms with Crippen LogP contribution in [0.25, 0.3) is 0 Å². The first-order valence-corrected chi connectivity index (χ1v) is 7.71. The average Bonchev–Trinajstić information content (AvgIpc) is 2.47. The van der Waals surface area contributed by atoms with E-state index in [1.165, 1.54) is 0 Å². The molecular weight excluding hydrogens is 274 g/mol. The number of piperidine rings is 1. The largest absolute Gasteiger partial charge is 0.392 e. The quantitative estimate of drug-likeness (QED) is 0.774. The monoisotopic (exact) mass is 299 g/mol. The molecule has 2 aliphatic heterocycles. The van der Waals surface area contributed by atoms with Gasteiger partial charge in [-0.3, -0.25) is 4.79 Å². The van der Waals surface area contributed by atoms with Gasteiger partial charge in [0.25, 0.3) is 0 Å². The molecule has 114 valence electrons. The topological polar surface area (TPSA) is 58.8 Å². The first-order chi connectivity index (χ1) is 9.47. The number of nitrogens with two attached hydrogens (primary N) is 1. The number of likely N-dealkylation sites (tertiary alicyclic amines) is 1. The van der Waals surface area contributed by atoms with Crippen LogP contribution in [0.15, 0.2) is 0 Å². The SMILES string of the molecule is CN(C)C1CCN(C(=O)C2(C(N)=S)CCOCC2)CC1. The van der Waals surface area contributed by atoms with Crippen LogP contribution in [0.1, 0.15) is 25.7 Å². The summed E-state index contributed by atoms with van der Waals surface area (Å²) >= 11 is 5.20. The molecule has 0 unspecified atom stereocenters. The lowest BCUT2D eigenvalue weighted by atomic mass is 9.78. The summed E-state index contributed by atoms with van der Waals surface area (Å²) in [5, 5.41) is 0. The van der Waals surface area contributed by atoms with Crippen molar-refractivity contribution in [3.63, 3.8) is 0 Å². The van der Waals surface area contributed by atoms with Crippen molar-refractivity contribution in [3.8, 4) is 0 Å².